The van der Waals surface area contributed by atoms with E-state index in [4.69, 9.17) is 18.9 Å². The van der Waals surface area contributed by atoms with E-state index in [-0.39, 0.29) is 30.0 Å². The third-order valence-corrected chi connectivity index (χ3v) is 8.80. The second-order valence-electron chi connectivity index (χ2n) is 10.3. The molecule has 0 fully saturated rings. The SMILES string of the molecule is CCOC(=O)C1=C(C)N=c2s/c(=C\c3ccc(OCc4ccc([N+](=O)[O-])cc4)c(Br)c3)c(=O)n2[C@H]1c1ccc(OCC)c(OCC)c1. The number of esters is 1. The number of nitrogens with zero attached hydrogens (tertiary/aromatic N) is 3. The monoisotopic (exact) mass is 721 g/mol. The van der Waals surface area contributed by atoms with Crippen molar-refractivity contribution in [2.75, 3.05) is 19.8 Å². The van der Waals surface area contributed by atoms with E-state index in [0.29, 0.717) is 55.5 Å². The Balaban J connectivity index is 1.51. The number of nitro benzene ring substituents is 1. The van der Waals surface area contributed by atoms with Gasteiger partial charge in [0.15, 0.2) is 16.3 Å². The summed E-state index contributed by atoms with van der Waals surface area (Å²) in [7, 11) is 0. The highest BCUT2D eigenvalue weighted by Gasteiger charge is 2.34. The molecular formula is C34H32BrN3O8S. The van der Waals surface area contributed by atoms with Crippen LogP contribution in [0, 0.1) is 10.1 Å². The Bertz CT molecular complexity index is 2040. The second-order valence-corrected chi connectivity index (χ2v) is 12.1. The first-order valence-electron chi connectivity index (χ1n) is 14.9. The van der Waals surface area contributed by atoms with Crippen molar-refractivity contribution < 1.29 is 28.7 Å². The molecule has 1 aliphatic heterocycles. The van der Waals surface area contributed by atoms with E-state index in [1.165, 1.54) is 28.0 Å². The lowest BCUT2D eigenvalue weighted by molar-refractivity contribution is -0.384. The smallest absolute Gasteiger partial charge is 0.338 e. The first-order valence-corrected chi connectivity index (χ1v) is 16.5. The van der Waals surface area contributed by atoms with Gasteiger partial charge in [0.25, 0.3) is 11.2 Å². The number of thiazole rings is 1. The van der Waals surface area contributed by atoms with Gasteiger partial charge < -0.3 is 18.9 Å². The summed E-state index contributed by atoms with van der Waals surface area (Å²) >= 11 is 4.77. The Labute approximate surface area is 282 Å². The van der Waals surface area contributed by atoms with Crippen LogP contribution in [0.3, 0.4) is 0 Å². The number of non-ortho nitro benzene ring substituents is 1. The van der Waals surface area contributed by atoms with Crippen LogP contribution in [-0.2, 0) is 16.1 Å². The van der Waals surface area contributed by atoms with Crippen LogP contribution >= 0.6 is 27.3 Å². The van der Waals surface area contributed by atoms with Gasteiger partial charge in [0.05, 0.1) is 51.1 Å². The van der Waals surface area contributed by atoms with Gasteiger partial charge in [-0.05, 0) is 103 Å². The molecule has 0 unspecified atom stereocenters. The van der Waals surface area contributed by atoms with E-state index in [9.17, 15) is 19.7 Å². The summed E-state index contributed by atoms with van der Waals surface area (Å²) in [4.78, 5) is 42.9. The highest BCUT2D eigenvalue weighted by Crippen LogP contribution is 2.36. The first kappa shape index (κ1) is 33.6. The Kier molecular flexibility index (Phi) is 10.6. The topological polar surface area (TPSA) is 131 Å². The maximum Gasteiger partial charge on any atom is 0.338 e. The summed E-state index contributed by atoms with van der Waals surface area (Å²) < 4.78 is 25.5. The Morgan fingerprint density at radius 3 is 2.34 bits per heavy atom. The lowest BCUT2D eigenvalue weighted by Crippen LogP contribution is -2.40. The number of fused-ring (bicyclic) bond motifs is 1. The normalized spacial score (nSPS) is 14.3. The Morgan fingerprint density at radius 1 is 0.979 bits per heavy atom. The molecule has 1 aromatic heterocycles. The quantitative estimate of drug-likeness (QED) is 0.101. The zero-order valence-corrected chi connectivity index (χ0v) is 28.6. The summed E-state index contributed by atoms with van der Waals surface area (Å²) in [6.07, 6.45) is 1.76. The van der Waals surface area contributed by atoms with Crippen molar-refractivity contribution >= 4 is 45.0 Å². The highest BCUT2D eigenvalue weighted by molar-refractivity contribution is 9.10. The number of aromatic nitrogens is 1. The van der Waals surface area contributed by atoms with Crippen molar-refractivity contribution in [3.8, 4) is 17.2 Å². The summed E-state index contributed by atoms with van der Waals surface area (Å²) in [5.41, 5.74) is 2.61. The minimum absolute atomic E-state index is 0.0119. The molecule has 0 amide bonds. The molecule has 5 rings (SSSR count). The number of allylic oxidation sites excluding steroid dienone is 1. The molecule has 244 valence electrons. The number of nitro groups is 1. The maximum absolute atomic E-state index is 14.1. The highest BCUT2D eigenvalue weighted by atomic mass is 79.9. The zero-order valence-electron chi connectivity index (χ0n) is 26.2. The number of hydrogen-bond donors (Lipinski definition) is 0. The van der Waals surface area contributed by atoms with Gasteiger partial charge in [-0.15, -0.1) is 0 Å². The lowest BCUT2D eigenvalue weighted by atomic mass is 9.95. The van der Waals surface area contributed by atoms with Crippen LogP contribution in [0.5, 0.6) is 17.2 Å². The minimum atomic E-state index is -0.802. The van der Waals surface area contributed by atoms with E-state index in [2.05, 4.69) is 20.9 Å². The number of carbonyl (C=O) groups is 1. The van der Waals surface area contributed by atoms with Gasteiger partial charge >= 0.3 is 5.97 Å². The molecule has 4 aromatic rings. The van der Waals surface area contributed by atoms with E-state index >= 15 is 0 Å². The van der Waals surface area contributed by atoms with Crippen LogP contribution < -0.4 is 29.1 Å². The average molecular weight is 723 g/mol. The molecule has 0 saturated heterocycles. The molecular weight excluding hydrogens is 690 g/mol. The Morgan fingerprint density at radius 2 is 1.68 bits per heavy atom. The molecule has 3 aromatic carbocycles. The van der Waals surface area contributed by atoms with E-state index in [1.54, 1.807) is 50.3 Å². The van der Waals surface area contributed by atoms with Gasteiger partial charge in [0, 0.05) is 12.1 Å². The van der Waals surface area contributed by atoms with Gasteiger partial charge in [-0.1, -0.05) is 23.5 Å². The van der Waals surface area contributed by atoms with Crippen LogP contribution in [-0.4, -0.2) is 35.3 Å². The van der Waals surface area contributed by atoms with Crippen LogP contribution in [0.2, 0.25) is 0 Å². The molecule has 47 heavy (non-hydrogen) atoms. The third kappa shape index (κ3) is 7.31. The summed E-state index contributed by atoms with van der Waals surface area (Å²) in [5.74, 6) is 1.09. The van der Waals surface area contributed by atoms with E-state index < -0.39 is 16.9 Å². The van der Waals surface area contributed by atoms with Gasteiger partial charge in [0.2, 0.25) is 0 Å². The second kappa shape index (κ2) is 14.8. The largest absolute Gasteiger partial charge is 0.490 e. The minimum Gasteiger partial charge on any atom is -0.490 e. The van der Waals surface area contributed by atoms with Crippen molar-refractivity contribution in [3.05, 3.63) is 123 Å². The fraction of sp³-hybridized carbons (Fsp3) is 0.265. The molecule has 0 spiro atoms. The maximum atomic E-state index is 14.1. The number of benzene rings is 3. The third-order valence-electron chi connectivity index (χ3n) is 7.20. The van der Waals surface area contributed by atoms with Gasteiger partial charge in [-0.3, -0.25) is 19.5 Å². The van der Waals surface area contributed by atoms with Crippen LogP contribution in [0.4, 0.5) is 5.69 Å². The van der Waals surface area contributed by atoms with E-state index in [1.807, 2.05) is 32.0 Å². The average Bonchev–Trinajstić information content (AvgIpc) is 3.35. The Hall–Kier alpha value is -4.75. The molecule has 0 bridgehead atoms. The first-order chi connectivity index (χ1) is 22.6. The lowest BCUT2D eigenvalue weighted by Gasteiger charge is -2.25. The molecule has 0 radical (unpaired) electrons. The van der Waals surface area contributed by atoms with Crippen molar-refractivity contribution in [3.63, 3.8) is 0 Å². The molecule has 1 aliphatic rings. The van der Waals surface area contributed by atoms with Crippen LogP contribution in [0.1, 0.15) is 50.4 Å². The predicted molar refractivity (Wildman–Crippen MR) is 181 cm³/mol. The molecule has 0 N–H and O–H groups in total. The van der Waals surface area contributed by atoms with Crippen molar-refractivity contribution in [1.82, 2.24) is 4.57 Å². The number of hydrogen-bond acceptors (Lipinski definition) is 10. The molecule has 2 heterocycles. The summed E-state index contributed by atoms with van der Waals surface area (Å²) in [5, 5.41) is 10.9. The number of rotatable bonds is 12. The molecule has 0 aliphatic carbocycles. The fourth-order valence-corrected chi connectivity index (χ4v) is 6.65. The van der Waals surface area contributed by atoms with Gasteiger partial charge in [-0.25, -0.2) is 9.79 Å². The van der Waals surface area contributed by atoms with Crippen molar-refractivity contribution in [2.24, 2.45) is 4.99 Å². The van der Waals surface area contributed by atoms with E-state index in [0.717, 1.165) is 11.1 Å². The van der Waals surface area contributed by atoms with Crippen molar-refractivity contribution in [1.29, 1.82) is 0 Å². The van der Waals surface area contributed by atoms with Crippen molar-refractivity contribution in [2.45, 2.75) is 40.3 Å². The van der Waals surface area contributed by atoms with Gasteiger partial charge in [0.1, 0.15) is 12.4 Å². The molecule has 13 heteroatoms. The summed E-state index contributed by atoms with van der Waals surface area (Å²) in [6.45, 7) is 8.46. The number of halogens is 1. The molecule has 1 atom stereocenters. The number of carbonyl (C=O) groups excluding carboxylic acids is 1. The van der Waals surface area contributed by atoms with Crippen LogP contribution in [0.25, 0.3) is 6.08 Å². The fourth-order valence-electron chi connectivity index (χ4n) is 5.09. The number of ether oxygens (including phenoxy) is 4. The molecule has 11 nitrogen and oxygen atoms in total. The zero-order chi connectivity index (χ0) is 33.7. The predicted octanol–water partition coefficient (Wildman–Crippen LogP) is 5.85. The van der Waals surface area contributed by atoms with Gasteiger partial charge in [-0.2, -0.15) is 0 Å². The summed E-state index contributed by atoms with van der Waals surface area (Å²) in [6, 6.07) is 16.2. The molecule has 0 saturated carbocycles. The van der Waals surface area contributed by atoms with Crippen LogP contribution in [0.15, 0.2) is 86.2 Å². The standard InChI is InChI=1S/C34H32BrN3O8S/c1-5-43-27-15-11-23(18-28(27)44-6-2)31-30(33(40)45-7-3)20(4)36-34-37(31)32(39)29(47-34)17-22-10-14-26(25(35)16-22)46-19-21-8-12-24(13-9-21)38(41)42/h8-18,31H,5-7,19H2,1-4H3/b29-17-/t31-/m0/s1.